The molecule has 1 aromatic carbocycles. The van der Waals surface area contributed by atoms with Crippen LogP contribution in [0.3, 0.4) is 0 Å². The van der Waals surface area contributed by atoms with Crippen molar-refractivity contribution in [3.05, 3.63) is 34.9 Å². The van der Waals surface area contributed by atoms with Crippen LogP contribution >= 0.6 is 11.6 Å². The highest BCUT2D eigenvalue weighted by molar-refractivity contribution is 6.31. The number of hydrogen-bond acceptors (Lipinski definition) is 3. The normalized spacial score (nSPS) is 17.4. The van der Waals surface area contributed by atoms with Crippen molar-refractivity contribution >= 4 is 17.7 Å². The van der Waals surface area contributed by atoms with Gasteiger partial charge in [-0.3, -0.25) is 0 Å². The third-order valence-corrected chi connectivity index (χ3v) is 4.46. The Balaban J connectivity index is 2.02. The van der Waals surface area contributed by atoms with Gasteiger partial charge < -0.3 is 9.64 Å². The highest BCUT2D eigenvalue weighted by atomic mass is 35.5. The van der Waals surface area contributed by atoms with Crippen molar-refractivity contribution in [3.63, 3.8) is 0 Å². The molecule has 1 amide bonds. The van der Waals surface area contributed by atoms with E-state index in [1.54, 1.807) is 4.90 Å². The zero-order valence-electron chi connectivity index (χ0n) is 13.9. The Bertz CT molecular complexity index is 608. The van der Waals surface area contributed by atoms with Crippen LogP contribution in [0, 0.1) is 16.7 Å². The summed E-state index contributed by atoms with van der Waals surface area (Å²) in [6.07, 6.45) is 1.58. The zero-order chi connectivity index (χ0) is 17.1. The first kappa shape index (κ1) is 17.6. The molecule has 1 aliphatic heterocycles. The van der Waals surface area contributed by atoms with Crippen molar-refractivity contribution in [1.82, 2.24) is 4.90 Å². The van der Waals surface area contributed by atoms with Gasteiger partial charge in [-0.15, -0.1) is 0 Å². The SMILES string of the molecule is CC(C)(C)OC(=O)N1CCC(C#N)(Cc2ccccc2Cl)CC1. The standard InChI is InChI=1S/C18H23ClN2O2/c1-17(2,3)23-16(22)21-10-8-18(13-20,9-11-21)12-14-6-4-5-7-15(14)19/h4-7H,8-12H2,1-3H3. The second-order valence-corrected chi connectivity index (χ2v) is 7.53. The van der Waals surface area contributed by atoms with Crippen LogP contribution < -0.4 is 0 Å². The van der Waals surface area contributed by atoms with E-state index in [0.717, 1.165) is 5.56 Å². The molecule has 0 unspecified atom stereocenters. The van der Waals surface area contributed by atoms with Crippen molar-refractivity contribution in [1.29, 1.82) is 5.26 Å². The van der Waals surface area contributed by atoms with E-state index in [9.17, 15) is 10.1 Å². The molecule has 0 aliphatic carbocycles. The molecule has 23 heavy (non-hydrogen) atoms. The topological polar surface area (TPSA) is 53.3 Å². The maximum Gasteiger partial charge on any atom is 0.410 e. The number of benzene rings is 1. The molecule has 1 heterocycles. The molecular formula is C18H23ClN2O2. The molecular weight excluding hydrogens is 312 g/mol. The van der Waals surface area contributed by atoms with E-state index >= 15 is 0 Å². The minimum absolute atomic E-state index is 0.304. The largest absolute Gasteiger partial charge is 0.444 e. The summed E-state index contributed by atoms with van der Waals surface area (Å²) < 4.78 is 5.40. The number of nitriles is 1. The molecule has 0 radical (unpaired) electrons. The lowest BCUT2D eigenvalue weighted by Crippen LogP contribution is -2.45. The van der Waals surface area contributed by atoms with Crippen LogP contribution in [0.5, 0.6) is 0 Å². The first-order chi connectivity index (χ1) is 10.7. The lowest BCUT2D eigenvalue weighted by atomic mass is 9.75. The van der Waals surface area contributed by atoms with Gasteiger partial charge in [0.2, 0.25) is 0 Å². The Kier molecular flexibility index (Phi) is 5.21. The predicted octanol–water partition coefficient (Wildman–Crippen LogP) is 4.42. The summed E-state index contributed by atoms with van der Waals surface area (Å²) in [5.41, 5.74) is 0.0171. The third-order valence-electron chi connectivity index (χ3n) is 4.10. The minimum Gasteiger partial charge on any atom is -0.444 e. The number of ether oxygens (including phenoxy) is 1. The molecule has 4 nitrogen and oxygen atoms in total. The van der Waals surface area contributed by atoms with Crippen LogP contribution in [0.1, 0.15) is 39.2 Å². The van der Waals surface area contributed by atoms with E-state index in [1.807, 2.05) is 45.0 Å². The first-order valence-electron chi connectivity index (χ1n) is 7.87. The molecule has 2 rings (SSSR count). The Hall–Kier alpha value is -1.73. The lowest BCUT2D eigenvalue weighted by Gasteiger charge is -2.38. The maximum absolute atomic E-state index is 12.1. The van der Waals surface area contributed by atoms with E-state index in [2.05, 4.69) is 6.07 Å². The van der Waals surface area contributed by atoms with E-state index in [1.165, 1.54) is 0 Å². The number of amides is 1. The number of carbonyl (C=O) groups is 1. The van der Waals surface area contributed by atoms with Crippen LogP contribution in [0.15, 0.2) is 24.3 Å². The smallest absolute Gasteiger partial charge is 0.410 e. The Labute approximate surface area is 143 Å². The van der Waals surface area contributed by atoms with E-state index in [0.29, 0.717) is 37.4 Å². The molecule has 5 heteroatoms. The fraction of sp³-hybridized carbons (Fsp3) is 0.556. The molecule has 0 bridgehead atoms. The van der Waals surface area contributed by atoms with Gasteiger partial charge in [0.1, 0.15) is 5.60 Å². The first-order valence-corrected chi connectivity index (χ1v) is 8.25. The monoisotopic (exact) mass is 334 g/mol. The van der Waals surface area contributed by atoms with Crippen molar-refractivity contribution < 1.29 is 9.53 Å². The number of carbonyl (C=O) groups excluding carboxylic acids is 1. The number of likely N-dealkylation sites (tertiary alicyclic amines) is 1. The molecule has 1 saturated heterocycles. The van der Waals surface area contributed by atoms with E-state index in [-0.39, 0.29) is 6.09 Å². The maximum atomic E-state index is 12.1. The van der Waals surface area contributed by atoms with E-state index < -0.39 is 11.0 Å². The molecule has 0 aromatic heterocycles. The number of rotatable bonds is 2. The molecule has 0 saturated carbocycles. The average Bonchev–Trinajstić information content (AvgIpc) is 2.48. The van der Waals surface area contributed by atoms with Crippen molar-refractivity contribution in [2.24, 2.45) is 5.41 Å². The summed E-state index contributed by atoms with van der Waals surface area (Å²) in [5, 5.41) is 10.4. The Morgan fingerprint density at radius 1 is 1.35 bits per heavy atom. The molecule has 0 N–H and O–H groups in total. The number of halogens is 1. The van der Waals surface area contributed by atoms with Gasteiger partial charge in [0, 0.05) is 18.1 Å². The lowest BCUT2D eigenvalue weighted by molar-refractivity contribution is 0.0148. The van der Waals surface area contributed by atoms with Gasteiger partial charge in [-0.1, -0.05) is 29.8 Å². The fourth-order valence-electron chi connectivity index (χ4n) is 2.78. The number of nitrogens with zero attached hydrogens (tertiary/aromatic N) is 2. The van der Waals surface area contributed by atoms with Crippen molar-refractivity contribution in [3.8, 4) is 6.07 Å². The fourth-order valence-corrected chi connectivity index (χ4v) is 2.98. The second-order valence-electron chi connectivity index (χ2n) is 7.13. The molecule has 1 aliphatic rings. The Morgan fingerprint density at radius 3 is 2.48 bits per heavy atom. The van der Waals surface area contributed by atoms with Gasteiger partial charge in [-0.25, -0.2) is 4.79 Å². The molecule has 0 atom stereocenters. The van der Waals surface area contributed by atoms with Crippen molar-refractivity contribution in [2.45, 2.75) is 45.6 Å². The highest BCUT2D eigenvalue weighted by Gasteiger charge is 2.37. The van der Waals surface area contributed by atoms with Gasteiger partial charge >= 0.3 is 6.09 Å². The molecule has 124 valence electrons. The zero-order valence-corrected chi connectivity index (χ0v) is 14.7. The minimum atomic E-state index is -0.502. The number of hydrogen-bond donors (Lipinski definition) is 0. The second kappa shape index (κ2) is 6.80. The van der Waals surface area contributed by atoms with Gasteiger partial charge in [0.05, 0.1) is 11.5 Å². The van der Waals surface area contributed by atoms with Crippen molar-refractivity contribution in [2.75, 3.05) is 13.1 Å². The third kappa shape index (κ3) is 4.62. The average molecular weight is 335 g/mol. The van der Waals surface area contributed by atoms with Crippen LogP contribution in [-0.4, -0.2) is 29.7 Å². The summed E-state index contributed by atoms with van der Waals surface area (Å²) in [6.45, 7) is 6.63. The highest BCUT2D eigenvalue weighted by Crippen LogP contribution is 2.36. The molecule has 0 spiro atoms. The summed E-state index contributed by atoms with van der Waals surface area (Å²) in [6, 6.07) is 10.1. The summed E-state index contributed by atoms with van der Waals surface area (Å²) in [4.78, 5) is 13.8. The van der Waals surface area contributed by atoms with Gasteiger partial charge in [0.15, 0.2) is 0 Å². The van der Waals surface area contributed by atoms with Gasteiger partial charge in [0.25, 0.3) is 0 Å². The van der Waals surface area contributed by atoms with Crippen LogP contribution in [0.2, 0.25) is 5.02 Å². The van der Waals surface area contributed by atoms with Crippen LogP contribution in [-0.2, 0) is 11.2 Å². The quantitative estimate of drug-likeness (QED) is 0.804. The molecule has 1 fully saturated rings. The number of piperidine rings is 1. The van der Waals surface area contributed by atoms with Crippen LogP contribution in [0.25, 0.3) is 0 Å². The van der Waals surface area contributed by atoms with Gasteiger partial charge in [-0.05, 0) is 51.7 Å². The summed E-state index contributed by atoms with van der Waals surface area (Å²) >= 11 is 6.22. The Morgan fingerprint density at radius 2 is 1.96 bits per heavy atom. The van der Waals surface area contributed by atoms with E-state index in [4.69, 9.17) is 16.3 Å². The van der Waals surface area contributed by atoms with Gasteiger partial charge in [-0.2, -0.15) is 5.26 Å². The summed E-state index contributed by atoms with van der Waals surface area (Å²) in [5.74, 6) is 0. The summed E-state index contributed by atoms with van der Waals surface area (Å²) in [7, 11) is 0. The predicted molar refractivity (Wildman–Crippen MR) is 90.2 cm³/mol. The molecule has 1 aromatic rings. The van der Waals surface area contributed by atoms with Crippen LogP contribution in [0.4, 0.5) is 4.79 Å².